The van der Waals surface area contributed by atoms with Crippen LogP contribution in [-0.2, 0) is 19.6 Å². The van der Waals surface area contributed by atoms with Crippen molar-refractivity contribution in [2.45, 2.75) is 89.0 Å². The molecule has 1 aliphatic rings. The lowest BCUT2D eigenvalue weighted by Gasteiger charge is -2.53. The van der Waals surface area contributed by atoms with E-state index in [1.807, 2.05) is 13.8 Å². The molecule has 0 radical (unpaired) electrons. The van der Waals surface area contributed by atoms with Gasteiger partial charge in [0, 0.05) is 5.92 Å². The zero-order valence-electron chi connectivity index (χ0n) is 17.1. The number of ether oxygens (including phenoxy) is 1. The fourth-order valence-electron chi connectivity index (χ4n) is 4.16. The first-order chi connectivity index (χ1) is 13.1. The number of aliphatic hydroxyl groups is 3. The molecule has 0 bridgehead atoms. The quantitative estimate of drug-likeness (QED) is 0.215. The van der Waals surface area contributed by atoms with Crippen molar-refractivity contribution in [2.24, 2.45) is 17.8 Å². The lowest BCUT2D eigenvalue weighted by Crippen LogP contribution is -2.57. The van der Waals surface area contributed by atoms with E-state index in [2.05, 4.69) is 4.74 Å². The molecule has 4 N–H and O–H groups in total. The van der Waals surface area contributed by atoms with Crippen LogP contribution in [-0.4, -0.2) is 57.0 Å². The van der Waals surface area contributed by atoms with Crippen LogP contribution in [0.1, 0.15) is 66.2 Å². The molecule has 0 aromatic heterocycles. The molecule has 11 heteroatoms. The number of esters is 1. The highest BCUT2D eigenvalue weighted by molar-refractivity contribution is 7.86. The fraction of sp³-hybridized carbons (Fsp3) is 0.944. The molecule has 1 aliphatic carbocycles. The van der Waals surface area contributed by atoms with Crippen molar-refractivity contribution >= 4 is 16.1 Å². The summed E-state index contributed by atoms with van der Waals surface area (Å²) in [6, 6.07) is 0. The van der Waals surface area contributed by atoms with Gasteiger partial charge in [-0.15, -0.1) is 0 Å². The Kier molecular flexibility index (Phi) is 8.20. The summed E-state index contributed by atoms with van der Waals surface area (Å²) in [6.45, 7) is 7.02. The van der Waals surface area contributed by atoms with Crippen LogP contribution in [0.4, 0.5) is 8.78 Å². The maximum atomic E-state index is 13.5. The Hall–Kier alpha value is -0.880. The Bertz CT molecular complexity index is 673. The van der Waals surface area contributed by atoms with Crippen molar-refractivity contribution in [3.63, 3.8) is 0 Å². The van der Waals surface area contributed by atoms with E-state index in [4.69, 9.17) is 4.55 Å². The number of alkyl halides is 2. The van der Waals surface area contributed by atoms with Gasteiger partial charge in [-0.05, 0) is 44.4 Å². The minimum Gasteiger partial charge on any atom is -0.428 e. The van der Waals surface area contributed by atoms with Crippen molar-refractivity contribution in [1.29, 1.82) is 0 Å². The molecule has 0 aliphatic heterocycles. The van der Waals surface area contributed by atoms with E-state index in [0.717, 1.165) is 0 Å². The van der Waals surface area contributed by atoms with Gasteiger partial charge in [0.15, 0.2) is 0 Å². The summed E-state index contributed by atoms with van der Waals surface area (Å²) < 4.78 is 61.1. The van der Waals surface area contributed by atoms with E-state index in [1.54, 1.807) is 13.8 Å². The van der Waals surface area contributed by atoms with E-state index < -0.39 is 50.7 Å². The first-order valence-corrected chi connectivity index (χ1v) is 11.2. The van der Waals surface area contributed by atoms with Gasteiger partial charge in [-0.25, -0.2) is 0 Å². The Morgan fingerprint density at radius 3 is 1.97 bits per heavy atom. The highest BCUT2D eigenvalue weighted by Gasteiger charge is 2.59. The van der Waals surface area contributed by atoms with Crippen molar-refractivity contribution in [1.82, 2.24) is 0 Å². The number of carbonyl (C=O) groups excluding carboxylic acids is 1. The first-order valence-electron chi connectivity index (χ1n) is 9.80. The first kappa shape index (κ1) is 26.2. The van der Waals surface area contributed by atoms with E-state index in [0.29, 0.717) is 19.3 Å². The molecule has 0 aromatic rings. The van der Waals surface area contributed by atoms with Crippen LogP contribution in [0.2, 0.25) is 0 Å². The van der Waals surface area contributed by atoms with E-state index in [1.165, 1.54) is 0 Å². The summed E-state index contributed by atoms with van der Waals surface area (Å²) in [6.07, 6.45) is -1.54. The third-order valence-electron chi connectivity index (χ3n) is 6.46. The second-order valence-corrected chi connectivity index (χ2v) is 9.39. The summed E-state index contributed by atoms with van der Waals surface area (Å²) in [4.78, 5) is 12.4. The number of hydrogen-bond donors (Lipinski definition) is 4. The van der Waals surface area contributed by atoms with E-state index >= 15 is 0 Å². The Labute approximate surface area is 170 Å². The van der Waals surface area contributed by atoms with Gasteiger partial charge >= 0.3 is 21.3 Å². The summed E-state index contributed by atoms with van der Waals surface area (Å²) >= 11 is 0. The Balaban J connectivity index is 3.07. The van der Waals surface area contributed by atoms with Gasteiger partial charge in [-0.1, -0.05) is 27.7 Å². The van der Waals surface area contributed by atoms with Crippen molar-refractivity contribution in [2.75, 3.05) is 0 Å². The SMILES string of the molecule is CCC(O)(CC)CC1CC(C(=O)OC(O)C(F)(F)S(=O)(=O)O)C1C(O)(CC)CC. The minimum atomic E-state index is -6.00. The molecular formula is C18H32F2O8S. The number of rotatable bonds is 11. The van der Waals surface area contributed by atoms with Crippen LogP contribution < -0.4 is 0 Å². The molecule has 4 atom stereocenters. The number of halogens is 2. The molecule has 29 heavy (non-hydrogen) atoms. The number of hydrogen-bond acceptors (Lipinski definition) is 7. The zero-order chi connectivity index (χ0) is 22.8. The lowest BCUT2D eigenvalue weighted by molar-refractivity contribution is -0.224. The van der Waals surface area contributed by atoms with Gasteiger partial charge in [0.25, 0.3) is 6.29 Å². The monoisotopic (exact) mass is 446 g/mol. The smallest absolute Gasteiger partial charge is 0.428 e. The molecule has 0 saturated heterocycles. The lowest BCUT2D eigenvalue weighted by atomic mass is 9.54. The normalized spacial score (nSPS) is 24.7. The largest absolute Gasteiger partial charge is 0.430 e. The Morgan fingerprint density at radius 1 is 1.10 bits per heavy atom. The summed E-state index contributed by atoms with van der Waals surface area (Å²) in [5.41, 5.74) is -2.33. The zero-order valence-corrected chi connectivity index (χ0v) is 18.0. The highest BCUT2D eigenvalue weighted by atomic mass is 32.2. The Morgan fingerprint density at radius 2 is 1.59 bits per heavy atom. The molecule has 1 saturated carbocycles. The molecule has 0 heterocycles. The molecule has 172 valence electrons. The van der Waals surface area contributed by atoms with Crippen molar-refractivity contribution in [3.8, 4) is 0 Å². The molecule has 0 aromatic carbocycles. The van der Waals surface area contributed by atoms with Gasteiger partial charge in [0.05, 0.1) is 17.1 Å². The molecule has 1 rings (SSSR count). The standard InChI is InChI=1S/C18H32F2O8S/c1-5-16(23,6-2)10-11-9-12(13(11)17(24,7-3)8-4)14(21)28-15(22)18(19,20)29(25,26)27/h11-13,15,22-24H,5-10H2,1-4H3,(H,25,26,27). The fourth-order valence-corrected chi connectivity index (χ4v) is 4.46. The molecule has 8 nitrogen and oxygen atoms in total. The molecule has 4 unspecified atom stereocenters. The highest BCUT2D eigenvalue weighted by Crippen LogP contribution is 2.53. The van der Waals surface area contributed by atoms with Crippen molar-refractivity contribution in [3.05, 3.63) is 0 Å². The number of aliphatic hydroxyl groups excluding tert-OH is 1. The maximum absolute atomic E-state index is 13.5. The van der Waals surface area contributed by atoms with Gasteiger partial charge < -0.3 is 20.1 Å². The summed E-state index contributed by atoms with van der Waals surface area (Å²) in [5.74, 6) is -3.36. The topological polar surface area (TPSA) is 141 Å². The van der Waals surface area contributed by atoms with Gasteiger partial charge in [-0.2, -0.15) is 17.2 Å². The molecule has 0 spiro atoms. The predicted molar refractivity (Wildman–Crippen MR) is 99.4 cm³/mol. The summed E-state index contributed by atoms with van der Waals surface area (Å²) in [5, 5.41) is 25.9. The minimum absolute atomic E-state index is 0.123. The predicted octanol–water partition coefficient (Wildman–Crippen LogP) is 2.07. The third kappa shape index (κ3) is 5.25. The van der Waals surface area contributed by atoms with Crippen LogP contribution in [0.15, 0.2) is 0 Å². The van der Waals surface area contributed by atoms with E-state index in [-0.39, 0.29) is 25.2 Å². The number of carbonyl (C=O) groups is 1. The molecular weight excluding hydrogens is 414 g/mol. The molecule has 0 amide bonds. The van der Waals surface area contributed by atoms with Crippen LogP contribution in [0, 0.1) is 17.8 Å². The van der Waals surface area contributed by atoms with Crippen LogP contribution in [0.25, 0.3) is 0 Å². The average Bonchev–Trinajstić information content (AvgIpc) is 2.63. The van der Waals surface area contributed by atoms with E-state index in [9.17, 15) is 37.3 Å². The van der Waals surface area contributed by atoms with Crippen LogP contribution >= 0.6 is 0 Å². The van der Waals surface area contributed by atoms with Gasteiger partial charge in [0.1, 0.15) is 0 Å². The van der Waals surface area contributed by atoms with Crippen LogP contribution in [0.5, 0.6) is 0 Å². The summed E-state index contributed by atoms with van der Waals surface area (Å²) in [7, 11) is -6.00. The second kappa shape index (κ2) is 9.09. The van der Waals surface area contributed by atoms with Crippen LogP contribution in [0.3, 0.4) is 0 Å². The second-order valence-electron chi connectivity index (χ2n) is 7.90. The van der Waals surface area contributed by atoms with Crippen molar-refractivity contribution < 1.29 is 46.6 Å². The third-order valence-corrected chi connectivity index (χ3v) is 7.35. The average molecular weight is 447 g/mol. The van der Waals surface area contributed by atoms with Gasteiger partial charge in [0.2, 0.25) is 0 Å². The maximum Gasteiger partial charge on any atom is 0.430 e. The van der Waals surface area contributed by atoms with Gasteiger partial charge in [-0.3, -0.25) is 9.35 Å². The molecule has 1 fully saturated rings.